The van der Waals surface area contributed by atoms with Gasteiger partial charge in [0.15, 0.2) is 0 Å². The molecule has 0 aromatic rings. The van der Waals surface area contributed by atoms with E-state index in [-0.39, 0.29) is 5.41 Å². The Morgan fingerprint density at radius 1 is 1.05 bits per heavy atom. The van der Waals surface area contributed by atoms with Gasteiger partial charge in [0.1, 0.15) is 5.84 Å². The summed E-state index contributed by atoms with van der Waals surface area (Å²) in [4.78, 5) is 2.53. The summed E-state index contributed by atoms with van der Waals surface area (Å²) in [5, 5.41) is 12.0. The average molecular weight is 297 g/mol. The molecular formula is C17H35N3O. The van der Waals surface area contributed by atoms with Gasteiger partial charge in [-0.2, -0.15) is 0 Å². The minimum atomic E-state index is -0.107. The highest BCUT2D eigenvalue weighted by molar-refractivity contribution is 5.85. The van der Waals surface area contributed by atoms with Gasteiger partial charge in [0.25, 0.3) is 0 Å². The second-order valence-corrected chi connectivity index (χ2v) is 6.86. The normalized spacial score (nSPS) is 19.8. The maximum Gasteiger partial charge on any atom is 0.145 e. The van der Waals surface area contributed by atoms with Gasteiger partial charge in [-0.3, -0.25) is 0 Å². The number of nitrogens with two attached hydrogens (primary N) is 1. The van der Waals surface area contributed by atoms with Gasteiger partial charge >= 0.3 is 0 Å². The molecule has 0 aromatic carbocycles. The average Bonchev–Trinajstić information content (AvgIpc) is 2.51. The summed E-state index contributed by atoms with van der Waals surface area (Å²) >= 11 is 0. The number of unbranched alkanes of at least 4 members (excludes halogenated alkanes) is 7. The topological polar surface area (TPSA) is 61.8 Å². The summed E-state index contributed by atoms with van der Waals surface area (Å²) < 4.78 is 0. The molecule has 1 heterocycles. The predicted octanol–water partition coefficient (Wildman–Crippen LogP) is 3.98. The molecular weight excluding hydrogens is 262 g/mol. The molecule has 0 atom stereocenters. The van der Waals surface area contributed by atoms with Crippen molar-refractivity contribution in [3.8, 4) is 0 Å². The molecule has 0 spiro atoms. The van der Waals surface area contributed by atoms with Crippen LogP contribution >= 0.6 is 0 Å². The van der Waals surface area contributed by atoms with E-state index in [2.05, 4.69) is 23.9 Å². The highest BCUT2D eigenvalue weighted by Crippen LogP contribution is 2.31. The molecule has 1 aliphatic rings. The van der Waals surface area contributed by atoms with Crippen LogP contribution in [-0.4, -0.2) is 35.6 Å². The van der Waals surface area contributed by atoms with Crippen molar-refractivity contribution in [3.05, 3.63) is 0 Å². The van der Waals surface area contributed by atoms with Crippen molar-refractivity contribution >= 4 is 5.84 Å². The summed E-state index contributed by atoms with van der Waals surface area (Å²) in [6.45, 7) is 7.73. The van der Waals surface area contributed by atoms with E-state index in [0.29, 0.717) is 5.84 Å². The number of amidine groups is 1. The first kappa shape index (κ1) is 18.3. The smallest absolute Gasteiger partial charge is 0.145 e. The van der Waals surface area contributed by atoms with Crippen molar-refractivity contribution in [2.75, 3.05) is 19.6 Å². The van der Waals surface area contributed by atoms with E-state index in [4.69, 9.17) is 10.9 Å². The minimum absolute atomic E-state index is 0.107. The van der Waals surface area contributed by atoms with Crippen LogP contribution in [0.3, 0.4) is 0 Å². The number of rotatable bonds is 10. The van der Waals surface area contributed by atoms with Crippen molar-refractivity contribution in [3.63, 3.8) is 0 Å². The molecule has 1 rings (SSSR count). The second-order valence-electron chi connectivity index (χ2n) is 6.86. The number of likely N-dealkylation sites (tertiary alicyclic amines) is 1. The van der Waals surface area contributed by atoms with Gasteiger partial charge in [-0.1, -0.05) is 63.9 Å². The van der Waals surface area contributed by atoms with Crippen molar-refractivity contribution in [2.45, 2.75) is 78.1 Å². The van der Waals surface area contributed by atoms with Gasteiger partial charge in [0.2, 0.25) is 0 Å². The molecule has 1 aliphatic heterocycles. The summed E-state index contributed by atoms with van der Waals surface area (Å²) in [5.41, 5.74) is 5.69. The van der Waals surface area contributed by atoms with Crippen molar-refractivity contribution in [2.24, 2.45) is 16.3 Å². The molecule has 3 N–H and O–H groups in total. The maximum atomic E-state index is 8.85. The summed E-state index contributed by atoms with van der Waals surface area (Å²) in [6, 6.07) is 0. The fourth-order valence-corrected chi connectivity index (χ4v) is 3.12. The van der Waals surface area contributed by atoms with Crippen LogP contribution in [-0.2, 0) is 0 Å². The first-order chi connectivity index (χ1) is 10.1. The molecule has 0 aliphatic carbocycles. The van der Waals surface area contributed by atoms with Crippen LogP contribution in [0.15, 0.2) is 5.16 Å². The van der Waals surface area contributed by atoms with Gasteiger partial charge in [-0.25, -0.2) is 0 Å². The third-order valence-electron chi connectivity index (χ3n) is 5.01. The van der Waals surface area contributed by atoms with Crippen LogP contribution in [0.1, 0.15) is 78.1 Å². The monoisotopic (exact) mass is 297 g/mol. The molecule has 0 saturated carbocycles. The Labute approximate surface area is 130 Å². The van der Waals surface area contributed by atoms with E-state index < -0.39 is 0 Å². The fraction of sp³-hybridized carbons (Fsp3) is 0.941. The summed E-state index contributed by atoms with van der Waals surface area (Å²) in [5.74, 6) is 0.397. The molecule has 0 unspecified atom stereocenters. The first-order valence-electron chi connectivity index (χ1n) is 8.83. The van der Waals surface area contributed by atoms with Crippen LogP contribution in [0.2, 0.25) is 0 Å². The Kier molecular flexibility index (Phi) is 8.74. The molecule has 21 heavy (non-hydrogen) atoms. The zero-order valence-electron chi connectivity index (χ0n) is 14.1. The molecule has 1 saturated heterocycles. The highest BCUT2D eigenvalue weighted by atomic mass is 16.4. The van der Waals surface area contributed by atoms with Crippen LogP contribution in [0.4, 0.5) is 0 Å². The zero-order valence-corrected chi connectivity index (χ0v) is 14.1. The van der Waals surface area contributed by atoms with E-state index >= 15 is 0 Å². The molecule has 124 valence electrons. The van der Waals surface area contributed by atoms with E-state index in [1.807, 2.05) is 0 Å². The Bertz CT molecular complexity index is 296. The van der Waals surface area contributed by atoms with Gasteiger partial charge in [0, 0.05) is 5.41 Å². The molecule has 0 radical (unpaired) electrons. The van der Waals surface area contributed by atoms with Crippen molar-refractivity contribution in [1.29, 1.82) is 0 Å². The summed E-state index contributed by atoms with van der Waals surface area (Å²) in [7, 11) is 0. The molecule has 0 bridgehead atoms. The van der Waals surface area contributed by atoms with Crippen LogP contribution in [0.25, 0.3) is 0 Å². The third kappa shape index (κ3) is 6.68. The number of piperidine rings is 1. The quantitative estimate of drug-likeness (QED) is 0.211. The fourth-order valence-electron chi connectivity index (χ4n) is 3.12. The van der Waals surface area contributed by atoms with Gasteiger partial charge < -0.3 is 15.8 Å². The number of hydrogen-bond donors (Lipinski definition) is 2. The predicted molar refractivity (Wildman–Crippen MR) is 89.8 cm³/mol. The first-order valence-corrected chi connectivity index (χ1v) is 8.83. The van der Waals surface area contributed by atoms with E-state index in [1.54, 1.807) is 0 Å². The van der Waals surface area contributed by atoms with E-state index in [0.717, 1.165) is 25.9 Å². The number of oxime groups is 1. The largest absolute Gasteiger partial charge is 0.409 e. The van der Waals surface area contributed by atoms with Crippen LogP contribution in [0.5, 0.6) is 0 Å². The minimum Gasteiger partial charge on any atom is -0.409 e. The molecule has 4 heteroatoms. The zero-order chi connectivity index (χ0) is 15.6. The Morgan fingerprint density at radius 3 is 2.10 bits per heavy atom. The lowest BCUT2D eigenvalue weighted by Crippen LogP contribution is -2.45. The van der Waals surface area contributed by atoms with Crippen molar-refractivity contribution < 1.29 is 5.21 Å². The molecule has 4 nitrogen and oxygen atoms in total. The number of nitrogens with zero attached hydrogens (tertiary/aromatic N) is 2. The van der Waals surface area contributed by atoms with Crippen LogP contribution in [0, 0.1) is 5.41 Å². The van der Waals surface area contributed by atoms with Gasteiger partial charge in [-0.05, 0) is 38.9 Å². The summed E-state index contributed by atoms with van der Waals surface area (Å²) in [6.07, 6.45) is 13.0. The lowest BCUT2D eigenvalue weighted by Gasteiger charge is -2.38. The maximum absolute atomic E-state index is 8.85. The SMILES string of the molecule is CCCCCCCCCCN1CCC(C)(C(N)=NO)CC1. The standard InChI is InChI=1S/C17H35N3O/c1-3-4-5-6-7-8-9-10-13-20-14-11-17(2,12-15-20)16(18)19-21/h21H,3-15H2,1-2H3,(H2,18,19). The second kappa shape index (κ2) is 10.0. The van der Waals surface area contributed by atoms with E-state index in [9.17, 15) is 0 Å². The molecule has 0 aromatic heterocycles. The third-order valence-corrected chi connectivity index (χ3v) is 5.01. The van der Waals surface area contributed by atoms with Crippen molar-refractivity contribution in [1.82, 2.24) is 4.90 Å². The lowest BCUT2D eigenvalue weighted by atomic mass is 9.79. The van der Waals surface area contributed by atoms with Gasteiger partial charge in [0.05, 0.1) is 0 Å². The van der Waals surface area contributed by atoms with Crippen LogP contribution < -0.4 is 5.73 Å². The number of hydrogen-bond acceptors (Lipinski definition) is 3. The molecule has 0 amide bonds. The van der Waals surface area contributed by atoms with Gasteiger partial charge in [-0.15, -0.1) is 0 Å². The highest BCUT2D eigenvalue weighted by Gasteiger charge is 2.33. The van der Waals surface area contributed by atoms with E-state index in [1.165, 1.54) is 57.9 Å². The Morgan fingerprint density at radius 2 is 1.57 bits per heavy atom. The molecule has 1 fully saturated rings. The Balaban J connectivity index is 2.03. The Hall–Kier alpha value is -0.770. The lowest BCUT2D eigenvalue weighted by molar-refractivity contribution is 0.157.